The summed E-state index contributed by atoms with van der Waals surface area (Å²) in [5.41, 5.74) is 0. The highest BCUT2D eigenvalue weighted by Crippen LogP contribution is 2.05. The zero-order chi connectivity index (χ0) is 7.94. The molecule has 65 valence electrons. The quantitative estimate of drug-likeness (QED) is 0.608. The van der Waals surface area contributed by atoms with Crippen molar-refractivity contribution in [1.82, 2.24) is 5.32 Å². The summed E-state index contributed by atoms with van der Waals surface area (Å²) >= 11 is 0. The highest BCUT2D eigenvalue weighted by molar-refractivity contribution is 4.69. The fraction of sp³-hybridized carbons (Fsp3) is 1.00. The standard InChI is InChI=1S/C8H16NO2/c10-5-1-4-9-8-2-6-11-7-3-8/h8-9H,1-7H2. The van der Waals surface area contributed by atoms with E-state index in [2.05, 4.69) is 5.32 Å². The van der Waals surface area contributed by atoms with Gasteiger partial charge in [-0.05, 0) is 25.8 Å². The zero-order valence-electron chi connectivity index (χ0n) is 6.84. The summed E-state index contributed by atoms with van der Waals surface area (Å²) in [4.78, 5) is 0. The number of rotatable bonds is 4. The second-order valence-electron chi connectivity index (χ2n) is 2.90. The van der Waals surface area contributed by atoms with Gasteiger partial charge in [-0.25, -0.2) is 5.11 Å². The minimum Gasteiger partial charge on any atom is -0.381 e. The van der Waals surface area contributed by atoms with Crippen LogP contribution in [0.15, 0.2) is 0 Å². The molecule has 1 aliphatic heterocycles. The van der Waals surface area contributed by atoms with E-state index >= 15 is 0 Å². The smallest absolute Gasteiger partial charge is 0.0834 e. The van der Waals surface area contributed by atoms with Gasteiger partial charge < -0.3 is 10.1 Å². The van der Waals surface area contributed by atoms with Crippen LogP contribution in [-0.4, -0.2) is 32.4 Å². The molecule has 0 atom stereocenters. The van der Waals surface area contributed by atoms with E-state index in [9.17, 15) is 5.11 Å². The predicted molar refractivity (Wildman–Crippen MR) is 42.0 cm³/mol. The molecule has 3 nitrogen and oxygen atoms in total. The Labute approximate surface area is 67.7 Å². The van der Waals surface area contributed by atoms with E-state index in [-0.39, 0.29) is 6.61 Å². The van der Waals surface area contributed by atoms with E-state index in [0.717, 1.165) is 39.0 Å². The van der Waals surface area contributed by atoms with Gasteiger partial charge in [-0.1, -0.05) is 0 Å². The van der Waals surface area contributed by atoms with Crippen molar-refractivity contribution < 1.29 is 9.84 Å². The van der Waals surface area contributed by atoms with E-state index in [1.54, 1.807) is 0 Å². The van der Waals surface area contributed by atoms with Crippen LogP contribution in [0, 0.1) is 0 Å². The zero-order valence-corrected chi connectivity index (χ0v) is 6.84. The molecular weight excluding hydrogens is 142 g/mol. The second-order valence-corrected chi connectivity index (χ2v) is 2.90. The minimum atomic E-state index is 0.0379. The maximum Gasteiger partial charge on any atom is 0.0834 e. The molecule has 0 aliphatic carbocycles. The van der Waals surface area contributed by atoms with Crippen LogP contribution in [0.5, 0.6) is 0 Å². The molecule has 0 aromatic carbocycles. The average molecular weight is 158 g/mol. The van der Waals surface area contributed by atoms with E-state index in [0.29, 0.717) is 6.04 Å². The van der Waals surface area contributed by atoms with Crippen molar-refractivity contribution in [2.75, 3.05) is 26.4 Å². The van der Waals surface area contributed by atoms with Gasteiger partial charge in [0.05, 0.1) is 6.61 Å². The van der Waals surface area contributed by atoms with Crippen molar-refractivity contribution in [3.8, 4) is 0 Å². The summed E-state index contributed by atoms with van der Waals surface area (Å²) in [6.45, 7) is 2.65. The fourth-order valence-corrected chi connectivity index (χ4v) is 1.28. The summed E-state index contributed by atoms with van der Waals surface area (Å²) in [6, 6.07) is 0.593. The number of nitrogens with one attached hydrogen (secondary N) is 1. The molecule has 0 aromatic heterocycles. The lowest BCUT2D eigenvalue weighted by molar-refractivity contribution is 0.0771. The monoisotopic (exact) mass is 158 g/mol. The molecule has 0 saturated carbocycles. The Hall–Kier alpha value is -0.120. The van der Waals surface area contributed by atoms with Crippen molar-refractivity contribution in [2.45, 2.75) is 25.3 Å². The predicted octanol–water partition coefficient (Wildman–Crippen LogP) is 0.576. The lowest BCUT2D eigenvalue weighted by Gasteiger charge is -2.22. The Morgan fingerprint density at radius 1 is 1.36 bits per heavy atom. The van der Waals surface area contributed by atoms with Crippen LogP contribution in [0.3, 0.4) is 0 Å². The Morgan fingerprint density at radius 3 is 2.73 bits per heavy atom. The van der Waals surface area contributed by atoms with Gasteiger partial charge in [0.15, 0.2) is 0 Å². The van der Waals surface area contributed by atoms with Crippen LogP contribution in [0.1, 0.15) is 19.3 Å². The summed E-state index contributed by atoms with van der Waals surface area (Å²) in [5, 5.41) is 13.4. The van der Waals surface area contributed by atoms with Crippen molar-refractivity contribution in [1.29, 1.82) is 0 Å². The first kappa shape index (κ1) is 8.97. The molecule has 0 bridgehead atoms. The van der Waals surface area contributed by atoms with Crippen molar-refractivity contribution in [3.05, 3.63) is 0 Å². The molecule has 1 N–H and O–H groups in total. The molecule has 1 radical (unpaired) electrons. The normalized spacial score (nSPS) is 20.5. The lowest BCUT2D eigenvalue weighted by Crippen LogP contribution is -2.35. The molecule has 1 rings (SSSR count). The van der Waals surface area contributed by atoms with Crippen molar-refractivity contribution in [2.24, 2.45) is 0 Å². The van der Waals surface area contributed by atoms with E-state index < -0.39 is 0 Å². The van der Waals surface area contributed by atoms with Crippen LogP contribution in [0.4, 0.5) is 0 Å². The van der Waals surface area contributed by atoms with Crippen LogP contribution in [0.2, 0.25) is 0 Å². The first-order chi connectivity index (χ1) is 5.43. The summed E-state index contributed by atoms with van der Waals surface area (Å²) < 4.78 is 5.20. The first-order valence-electron chi connectivity index (χ1n) is 4.32. The van der Waals surface area contributed by atoms with Gasteiger partial charge in [0.1, 0.15) is 0 Å². The van der Waals surface area contributed by atoms with E-state index in [1.807, 2.05) is 0 Å². The third kappa shape index (κ3) is 3.70. The van der Waals surface area contributed by atoms with Gasteiger partial charge in [-0.2, -0.15) is 0 Å². The van der Waals surface area contributed by atoms with Crippen LogP contribution >= 0.6 is 0 Å². The summed E-state index contributed by atoms with van der Waals surface area (Å²) in [6.07, 6.45) is 2.94. The Kier molecular flexibility index (Phi) is 4.50. The molecule has 0 spiro atoms. The largest absolute Gasteiger partial charge is 0.381 e. The first-order valence-corrected chi connectivity index (χ1v) is 4.32. The number of ether oxygens (including phenoxy) is 1. The molecule has 0 amide bonds. The fourth-order valence-electron chi connectivity index (χ4n) is 1.28. The van der Waals surface area contributed by atoms with Gasteiger partial charge >= 0.3 is 0 Å². The molecule has 3 heteroatoms. The van der Waals surface area contributed by atoms with Gasteiger partial charge in [0.25, 0.3) is 0 Å². The van der Waals surface area contributed by atoms with Crippen LogP contribution in [-0.2, 0) is 9.84 Å². The van der Waals surface area contributed by atoms with E-state index in [1.165, 1.54) is 0 Å². The summed E-state index contributed by atoms with van der Waals surface area (Å²) in [7, 11) is 0. The second kappa shape index (κ2) is 5.52. The Balaban J connectivity index is 1.96. The lowest BCUT2D eigenvalue weighted by atomic mass is 10.1. The third-order valence-electron chi connectivity index (χ3n) is 1.98. The molecule has 1 saturated heterocycles. The maximum absolute atomic E-state index is 10.1. The topological polar surface area (TPSA) is 41.2 Å². The SMILES string of the molecule is [O]CCCNC1CCOCC1. The molecule has 11 heavy (non-hydrogen) atoms. The van der Waals surface area contributed by atoms with Crippen molar-refractivity contribution in [3.63, 3.8) is 0 Å². The highest BCUT2D eigenvalue weighted by atomic mass is 16.5. The van der Waals surface area contributed by atoms with Gasteiger partial charge in [-0.15, -0.1) is 0 Å². The Morgan fingerprint density at radius 2 is 2.09 bits per heavy atom. The maximum atomic E-state index is 10.1. The minimum absolute atomic E-state index is 0.0379. The summed E-state index contributed by atoms with van der Waals surface area (Å²) in [5.74, 6) is 0. The van der Waals surface area contributed by atoms with Crippen LogP contribution < -0.4 is 5.32 Å². The molecule has 1 aliphatic rings. The van der Waals surface area contributed by atoms with Gasteiger partial charge in [-0.3, -0.25) is 0 Å². The molecule has 1 heterocycles. The van der Waals surface area contributed by atoms with Gasteiger partial charge in [0, 0.05) is 19.3 Å². The van der Waals surface area contributed by atoms with E-state index in [4.69, 9.17) is 4.74 Å². The molecule has 0 aromatic rings. The molecule has 0 unspecified atom stereocenters. The Bertz CT molecular complexity index is 92.1. The number of hydrogen-bond donors (Lipinski definition) is 1. The average Bonchev–Trinajstić information content (AvgIpc) is 2.07. The number of hydrogen-bond acceptors (Lipinski definition) is 2. The molecule has 1 fully saturated rings. The van der Waals surface area contributed by atoms with Gasteiger partial charge in [0.2, 0.25) is 0 Å². The van der Waals surface area contributed by atoms with Crippen LogP contribution in [0.25, 0.3) is 0 Å². The molecular formula is C8H16NO2. The van der Waals surface area contributed by atoms with Crippen molar-refractivity contribution >= 4 is 0 Å². The highest BCUT2D eigenvalue weighted by Gasteiger charge is 2.11. The third-order valence-corrected chi connectivity index (χ3v) is 1.98.